The van der Waals surface area contributed by atoms with Crippen LogP contribution >= 0.6 is 36.2 Å². The van der Waals surface area contributed by atoms with E-state index in [-0.39, 0.29) is 49.1 Å². The minimum Gasteiger partial charge on any atom is -0.352 e. The highest BCUT2D eigenvalue weighted by Gasteiger charge is 2.24. The molecule has 0 spiro atoms. The number of carbonyl (C=O) groups is 2. The molecule has 0 radical (unpaired) electrons. The zero-order valence-corrected chi connectivity index (χ0v) is 18.3. The molecule has 0 saturated carbocycles. The van der Waals surface area contributed by atoms with E-state index in [1.165, 1.54) is 0 Å². The smallest absolute Gasteiger partial charge is 0.242 e. The summed E-state index contributed by atoms with van der Waals surface area (Å²) in [7, 11) is 0. The number of hydrogen-bond acceptors (Lipinski definition) is 7. The molecule has 11 heteroatoms. The van der Waals surface area contributed by atoms with Crippen LogP contribution in [0, 0.1) is 5.92 Å². The lowest BCUT2D eigenvalue weighted by Gasteiger charge is -2.35. The second-order valence-corrected chi connectivity index (χ2v) is 7.59. The van der Waals surface area contributed by atoms with E-state index in [2.05, 4.69) is 20.2 Å². The number of halogens is 2. The summed E-state index contributed by atoms with van der Waals surface area (Å²) in [5.41, 5.74) is 5.79. The molecule has 2 amide bonds. The Hall–Kier alpha value is -1.68. The van der Waals surface area contributed by atoms with E-state index in [0.29, 0.717) is 26.2 Å². The number of nitrogens with one attached hydrogen (secondary N) is 1. The summed E-state index contributed by atoms with van der Waals surface area (Å²) in [5, 5.41) is 5.69. The van der Waals surface area contributed by atoms with Crippen LogP contribution in [0.4, 0.5) is 5.82 Å². The van der Waals surface area contributed by atoms with Crippen molar-refractivity contribution < 1.29 is 9.59 Å². The minimum absolute atomic E-state index is 0. The molecule has 2 aromatic rings. The lowest BCUT2D eigenvalue weighted by molar-refractivity contribution is -0.133. The summed E-state index contributed by atoms with van der Waals surface area (Å²) in [6.07, 6.45) is 1.58. The second-order valence-electron chi connectivity index (χ2n) is 6.69. The third-order valence-corrected chi connectivity index (χ3v) is 5.43. The van der Waals surface area contributed by atoms with Crippen LogP contribution < -0.4 is 16.0 Å². The molecular weight excluding hydrogens is 423 g/mol. The Morgan fingerprint density at radius 3 is 2.54 bits per heavy atom. The molecular formula is C17H26Cl2N6O2S. The largest absolute Gasteiger partial charge is 0.352 e. The van der Waals surface area contributed by atoms with Crippen LogP contribution in [0.5, 0.6) is 0 Å². The first kappa shape index (κ1) is 24.4. The molecule has 0 unspecified atom stereocenters. The average molecular weight is 449 g/mol. The molecule has 1 aliphatic rings. The first-order valence-corrected chi connectivity index (χ1v) is 9.59. The summed E-state index contributed by atoms with van der Waals surface area (Å²) < 4.78 is 0. The first-order chi connectivity index (χ1) is 12.5. The molecule has 1 saturated heterocycles. The molecule has 1 aliphatic heterocycles. The molecule has 3 N–H and O–H groups in total. The number of thiophene rings is 1. The van der Waals surface area contributed by atoms with Crippen molar-refractivity contribution in [1.29, 1.82) is 0 Å². The summed E-state index contributed by atoms with van der Waals surface area (Å²) in [5.74, 6) is 0.583. The van der Waals surface area contributed by atoms with Crippen molar-refractivity contribution in [2.24, 2.45) is 11.7 Å². The number of aromatic nitrogens is 2. The van der Waals surface area contributed by atoms with Crippen LogP contribution in [-0.4, -0.2) is 65.4 Å². The Labute approximate surface area is 180 Å². The maximum absolute atomic E-state index is 12.3. The standard InChI is InChI=1S/C17H24N6O2S.2ClH/c1-11(2)14(18)16(25)19-9-13(24)22-4-6-23(7-5-22)15-12-3-8-26-17(12)21-10-20-15;;/h3,8,10-11,14H,4-7,9,18H2,1-2H3,(H,19,25);2*1H/t14-;;/m0../s1. The highest BCUT2D eigenvalue weighted by atomic mass is 35.5. The van der Waals surface area contributed by atoms with Gasteiger partial charge in [-0.3, -0.25) is 9.59 Å². The predicted octanol–water partition coefficient (Wildman–Crippen LogP) is 1.28. The number of nitrogens with two attached hydrogens (primary N) is 1. The number of nitrogens with zero attached hydrogens (tertiary/aromatic N) is 4. The van der Waals surface area contributed by atoms with Gasteiger partial charge in [-0.1, -0.05) is 13.8 Å². The molecule has 1 fully saturated rings. The molecule has 3 heterocycles. The van der Waals surface area contributed by atoms with Crippen molar-refractivity contribution in [3.8, 4) is 0 Å². The van der Waals surface area contributed by atoms with Gasteiger partial charge in [-0.05, 0) is 17.4 Å². The van der Waals surface area contributed by atoms with Crippen molar-refractivity contribution in [2.45, 2.75) is 19.9 Å². The van der Waals surface area contributed by atoms with E-state index in [9.17, 15) is 9.59 Å². The van der Waals surface area contributed by atoms with Gasteiger partial charge in [0.15, 0.2) is 0 Å². The first-order valence-electron chi connectivity index (χ1n) is 8.71. The van der Waals surface area contributed by atoms with E-state index in [1.807, 2.05) is 25.3 Å². The summed E-state index contributed by atoms with van der Waals surface area (Å²) in [6, 6.07) is 1.44. The van der Waals surface area contributed by atoms with Gasteiger partial charge < -0.3 is 20.9 Å². The number of hydrogen-bond donors (Lipinski definition) is 2. The fraction of sp³-hybridized carbons (Fsp3) is 0.529. The lowest BCUT2D eigenvalue weighted by Crippen LogP contribution is -2.53. The number of rotatable bonds is 5. The van der Waals surface area contributed by atoms with Gasteiger partial charge in [-0.2, -0.15) is 0 Å². The van der Waals surface area contributed by atoms with Crippen molar-refractivity contribution in [3.05, 3.63) is 17.8 Å². The van der Waals surface area contributed by atoms with Gasteiger partial charge in [0.2, 0.25) is 11.8 Å². The molecule has 3 rings (SSSR count). The van der Waals surface area contributed by atoms with Crippen LogP contribution in [0.2, 0.25) is 0 Å². The number of carbonyl (C=O) groups excluding carboxylic acids is 2. The molecule has 28 heavy (non-hydrogen) atoms. The summed E-state index contributed by atoms with van der Waals surface area (Å²) in [6.45, 7) is 6.34. The summed E-state index contributed by atoms with van der Waals surface area (Å²) in [4.78, 5) is 37.8. The van der Waals surface area contributed by atoms with Gasteiger partial charge in [0.1, 0.15) is 17.0 Å². The molecule has 0 bridgehead atoms. The van der Waals surface area contributed by atoms with Crippen LogP contribution in [0.1, 0.15) is 13.8 Å². The normalized spacial score (nSPS) is 15.0. The van der Waals surface area contributed by atoms with E-state index in [1.54, 1.807) is 22.6 Å². The maximum atomic E-state index is 12.3. The Bertz CT molecular complexity index is 795. The SMILES string of the molecule is CC(C)[C@H](N)C(=O)NCC(=O)N1CCN(c2ncnc3sccc23)CC1.Cl.Cl. The van der Waals surface area contributed by atoms with Gasteiger partial charge in [0.05, 0.1) is 18.0 Å². The van der Waals surface area contributed by atoms with Crippen LogP contribution in [0.25, 0.3) is 10.2 Å². The number of anilines is 1. The van der Waals surface area contributed by atoms with Gasteiger partial charge in [-0.15, -0.1) is 36.2 Å². The molecule has 0 aromatic carbocycles. The Morgan fingerprint density at radius 2 is 1.89 bits per heavy atom. The van der Waals surface area contributed by atoms with E-state index in [0.717, 1.165) is 16.0 Å². The van der Waals surface area contributed by atoms with E-state index >= 15 is 0 Å². The maximum Gasteiger partial charge on any atom is 0.242 e. The fourth-order valence-corrected chi connectivity index (χ4v) is 3.62. The van der Waals surface area contributed by atoms with Crippen molar-refractivity contribution in [1.82, 2.24) is 20.2 Å². The number of fused-ring (bicyclic) bond motifs is 1. The van der Waals surface area contributed by atoms with Crippen LogP contribution in [-0.2, 0) is 9.59 Å². The van der Waals surface area contributed by atoms with Gasteiger partial charge in [0, 0.05) is 26.2 Å². The van der Waals surface area contributed by atoms with Gasteiger partial charge in [-0.25, -0.2) is 9.97 Å². The van der Waals surface area contributed by atoms with E-state index < -0.39 is 6.04 Å². The quantitative estimate of drug-likeness (QED) is 0.713. The number of piperazine rings is 1. The molecule has 156 valence electrons. The fourth-order valence-electron chi connectivity index (χ4n) is 2.89. The second kappa shape index (κ2) is 10.8. The third-order valence-electron chi connectivity index (χ3n) is 4.61. The van der Waals surface area contributed by atoms with Crippen LogP contribution in [0.3, 0.4) is 0 Å². The topological polar surface area (TPSA) is 104 Å². The number of amides is 2. The average Bonchev–Trinajstić information content (AvgIpc) is 3.14. The molecule has 2 aromatic heterocycles. The Morgan fingerprint density at radius 1 is 1.21 bits per heavy atom. The van der Waals surface area contributed by atoms with Crippen molar-refractivity contribution in [3.63, 3.8) is 0 Å². The summed E-state index contributed by atoms with van der Waals surface area (Å²) >= 11 is 1.59. The Kier molecular flexibility index (Phi) is 9.35. The van der Waals surface area contributed by atoms with Crippen molar-refractivity contribution >= 4 is 64.0 Å². The monoisotopic (exact) mass is 448 g/mol. The Balaban J connectivity index is 0.00000196. The minimum atomic E-state index is -0.592. The highest BCUT2D eigenvalue weighted by molar-refractivity contribution is 7.16. The highest BCUT2D eigenvalue weighted by Crippen LogP contribution is 2.27. The zero-order valence-electron chi connectivity index (χ0n) is 15.8. The third kappa shape index (κ3) is 5.44. The predicted molar refractivity (Wildman–Crippen MR) is 117 cm³/mol. The lowest BCUT2D eigenvalue weighted by atomic mass is 10.1. The molecule has 0 aliphatic carbocycles. The van der Waals surface area contributed by atoms with Crippen molar-refractivity contribution in [2.75, 3.05) is 37.6 Å². The van der Waals surface area contributed by atoms with Gasteiger partial charge in [0.25, 0.3) is 0 Å². The van der Waals surface area contributed by atoms with E-state index in [4.69, 9.17) is 5.73 Å². The molecule has 8 nitrogen and oxygen atoms in total. The zero-order chi connectivity index (χ0) is 18.7. The molecule has 1 atom stereocenters. The van der Waals surface area contributed by atoms with Crippen LogP contribution in [0.15, 0.2) is 17.8 Å². The van der Waals surface area contributed by atoms with Gasteiger partial charge >= 0.3 is 0 Å².